The molecule has 8 amide bonds. The van der Waals surface area contributed by atoms with E-state index in [2.05, 4.69) is 125 Å². The van der Waals surface area contributed by atoms with Gasteiger partial charge in [0.1, 0.15) is 0 Å². The highest BCUT2D eigenvalue weighted by molar-refractivity contribution is 14.1. The molecule has 3 atom stereocenters. The first-order valence-electron chi connectivity index (χ1n) is 33.5. The zero-order chi connectivity index (χ0) is 79.1. The first-order chi connectivity index (χ1) is 51.1. The minimum absolute atomic E-state index is 0.0463. The predicted molar refractivity (Wildman–Crippen MR) is 458 cm³/mol. The number of amides is 8. The average Bonchev–Trinajstić information content (AvgIpc) is 1.64. The molecule has 3 saturated heterocycles. The van der Waals surface area contributed by atoms with E-state index in [1.165, 1.54) is 12.1 Å². The molecule has 107 heavy (non-hydrogen) atoms. The molecule has 10 N–H and O–H groups in total. The van der Waals surface area contributed by atoms with E-state index in [-0.39, 0.29) is 65.7 Å². The first-order valence-corrected chi connectivity index (χ1v) is 39.9. The maximum Gasteiger partial charge on any atom is 0.365 e. The summed E-state index contributed by atoms with van der Waals surface area (Å²) in [5, 5.41) is 35.8. The van der Waals surface area contributed by atoms with Crippen LogP contribution in [-0.4, -0.2) is 130 Å². The summed E-state index contributed by atoms with van der Waals surface area (Å²) in [6.07, 6.45) is 22.7. The van der Waals surface area contributed by atoms with Crippen LogP contribution in [0.25, 0.3) is 0 Å². The fourth-order valence-electron chi connectivity index (χ4n) is 9.82. The van der Waals surface area contributed by atoms with E-state index < -0.39 is 29.7 Å². The molecule has 0 spiro atoms. The number of unbranched alkanes of at least 4 members (excludes halogenated alkanes) is 2. The molecule has 3 aliphatic heterocycles. The number of carboxylic acids is 2. The quantitative estimate of drug-likeness (QED) is 0.0100. The van der Waals surface area contributed by atoms with Gasteiger partial charge in [-0.05, 0) is 287 Å². The molecule has 0 radical (unpaired) electrons. The van der Waals surface area contributed by atoms with Gasteiger partial charge in [0.15, 0.2) is 0 Å². The van der Waals surface area contributed by atoms with Crippen molar-refractivity contribution in [1.82, 2.24) is 37.0 Å². The van der Waals surface area contributed by atoms with Crippen LogP contribution in [-0.2, 0) is 19.2 Å². The lowest BCUT2D eigenvalue weighted by molar-refractivity contribution is -0.172. The molecule has 3 aliphatic rings. The molecule has 0 aromatic heterocycles. The number of thioether (sulfide) groups is 1. The summed E-state index contributed by atoms with van der Waals surface area (Å²) in [5.41, 5.74) is 13.6. The Morgan fingerprint density at radius 3 is 1.47 bits per heavy atom. The third-order valence-electron chi connectivity index (χ3n) is 15.5. The number of nitrogens with one attached hydrogen (secondary N) is 6. The average molecular weight is 2030 g/mol. The second-order valence-corrected chi connectivity index (χ2v) is 30.5. The van der Waals surface area contributed by atoms with Crippen LogP contribution in [0.2, 0.25) is 0 Å². The summed E-state index contributed by atoms with van der Waals surface area (Å²) in [6.45, 7) is 12.4. The fraction of sp³-hybridized carbons (Fsp3) is 0.300. The number of urea groups is 1. The van der Waals surface area contributed by atoms with E-state index >= 15 is 0 Å². The Balaban J connectivity index is 0.000000283. The number of carbonyl (C=O) groups is 10. The summed E-state index contributed by atoms with van der Waals surface area (Å²) in [6, 6.07) is 32.2. The molecule has 9 rings (SSSR count). The summed E-state index contributed by atoms with van der Waals surface area (Å²) < 4.78 is 3.96. The Morgan fingerprint density at radius 1 is 0.551 bits per heavy atom. The molecule has 3 heterocycles. The smallest absolute Gasteiger partial charge is 0.365 e. The van der Waals surface area contributed by atoms with Gasteiger partial charge in [-0.3, -0.25) is 28.8 Å². The van der Waals surface area contributed by atoms with Crippen molar-refractivity contribution in [2.75, 3.05) is 38.5 Å². The lowest BCUT2D eigenvalue weighted by Gasteiger charge is -2.16. The maximum atomic E-state index is 12.4. The van der Waals surface area contributed by atoms with Crippen molar-refractivity contribution in [3.63, 3.8) is 0 Å². The largest absolute Gasteiger partial charge is 0.478 e. The lowest BCUT2D eigenvalue weighted by atomic mass is 10.0. The number of rotatable bonds is 22. The van der Waals surface area contributed by atoms with Gasteiger partial charge in [0, 0.05) is 113 Å². The SMILES string of the molecule is C#Cc1ccc(I)c(C(=O)NCCCC)c1.C#Cc1ccc(I)c(C(=O)O)c1.C#Cc1ccc(I)c(C(=O)ON2C(=O)CCC2=O)c1.CC#Cc1ccc(C)c(C(=O)NCCCN)c1.CC#Cc1ccc(C)c(C(=O)NCCCNC(=O)CCCC[C@@H]2SC[C@@H]3NC(=O)N[C@@H]32)c1.O=C(O)c1cc(I)ccc1I. The molecule has 0 unspecified atom stereocenters. The normalized spacial score (nSPS) is 13.8. The van der Waals surface area contributed by atoms with Crippen molar-refractivity contribution in [3.05, 3.63) is 199 Å². The zero-order valence-corrected chi connectivity index (χ0v) is 71.0. The molecule has 0 saturated carbocycles. The van der Waals surface area contributed by atoms with Gasteiger partial charge in [-0.15, -0.1) is 36.2 Å². The molecular weight excluding hydrogens is 1950 g/mol. The van der Waals surface area contributed by atoms with Gasteiger partial charge in [0.25, 0.3) is 29.5 Å². The molecule has 21 nitrogen and oxygen atoms in total. The Hall–Kier alpha value is -8.22. The lowest BCUT2D eigenvalue weighted by Crippen LogP contribution is -2.36. The van der Waals surface area contributed by atoms with Gasteiger partial charge < -0.3 is 52.7 Å². The Labute approximate surface area is 697 Å². The molecule has 0 bridgehead atoms. The number of carboxylic acid groups (broad SMARTS) is 2. The van der Waals surface area contributed by atoms with Gasteiger partial charge in [-0.1, -0.05) is 61.5 Å². The number of halogens is 5. The number of hydrogen-bond acceptors (Lipinski definition) is 13. The van der Waals surface area contributed by atoms with Gasteiger partial charge in [0.2, 0.25) is 5.91 Å². The third-order valence-corrected chi connectivity index (χ3v) is 21.4. The zero-order valence-electron chi connectivity index (χ0n) is 59.4. The first kappa shape index (κ1) is 91.2. The number of aryl methyl sites for hydroxylation is 2. The number of nitrogens with zero attached hydrogens (tertiary/aromatic N) is 1. The number of nitrogens with two attached hydrogens (primary N) is 1. The van der Waals surface area contributed by atoms with E-state index in [4.69, 9.17) is 40.1 Å². The monoisotopic (exact) mass is 2030 g/mol. The van der Waals surface area contributed by atoms with Crippen molar-refractivity contribution < 1.29 is 63.0 Å². The third kappa shape index (κ3) is 31.5. The standard InChI is InChI=1S/C24H32N4O3S.C14H18N2O.C13H8INO4.C13H14INO.C9H5IO2.C7H4I2O2/c1-3-7-17-11-10-16(2)18(14-17)23(30)26-13-6-12-25-21(29)9-5-4-8-20-22-19(15-32-20)27-24(31)28-22;1-3-5-12-7-6-11(2)13(10-12)14(17)16-9-4-8-15;1-2-8-3-4-10(14)9(7-8)13(18)19-15-11(16)5-6-12(15)17;1-3-5-8-15-13(16)11-9-10(4-2)6-7-12(11)14;1-2-6-3-4-8(10)7(5-6)9(11)12;8-4-1-2-6(9)5(3-4)7(10)11/h10-11,14,19-20,22H,4-6,8-9,12-13,15H2,1-2H3,(H,25,29)(H,26,30)(H2,27,28,31);6-7,10H,4,8-9,15H2,1-2H3,(H,16,17);1,3-4,7H,5-6H2;2,6-7,9H,3,5,8H2,1H3,(H,15,16);1,3-5H,(H,11,12);1-3H,(H,10,11)/t19-,20-,22-;;;;;/m0...../s1. The number of carbonyl (C=O) groups excluding carboxylic acids is 8. The molecule has 3 fully saturated rings. The van der Waals surface area contributed by atoms with Crippen LogP contribution in [0.5, 0.6) is 0 Å². The fourth-order valence-corrected chi connectivity index (χ4v) is 14.1. The second-order valence-electron chi connectivity index (χ2n) is 23.4. The van der Waals surface area contributed by atoms with E-state index in [1.807, 2.05) is 148 Å². The van der Waals surface area contributed by atoms with Crippen LogP contribution in [0.4, 0.5) is 4.79 Å². The number of imide groups is 1. The second kappa shape index (κ2) is 49.0. The summed E-state index contributed by atoms with van der Waals surface area (Å²) in [7, 11) is 0. The number of benzene rings is 6. The number of hydrogen-bond donors (Lipinski definition) is 9. The van der Waals surface area contributed by atoms with E-state index in [0.717, 1.165) is 82.8 Å². The van der Waals surface area contributed by atoms with Crippen LogP contribution < -0.4 is 37.6 Å². The number of fused-ring (bicyclic) bond motifs is 1. The van der Waals surface area contributed by atoms with Crippen LogP contribution in [0, 0.1) is 92.4 Å². The van der Waals surface area contributed by atoms with E-state index in [1.54, 1.807) is 56.3 Å². The molecular formula is C80H81I5N8O13S. The minimum Gasteiger partial charge on any atom is -0.478 e. The Kier molecular flexibility index (Phi) is 41.7. The van der Waals surface area contributed by atoms with Crippen molar-refractivity contribution in [2.24, 2.45) is 5.73 Å². The van der Waals surface area contributed by atoms with Gasteiger partial charge in [0.05, 0.1) is 34.3 Å². The highest BCUT2D eigenvalue weighted by Crippen LogP contribution is 2.33. The molecule has 560 valence electrons. The van der Waals surface area contributed by atoms with Crippen LogP contribution in [0.3, 0.4) is 0 Å². The topological polar surface area (TPSA) is 322 Å². The van der Waals surface area contributed by atoms with Crippen LogP contribution >= 0.6 is 125 Å². The number of aromatic carboxylic acids is 2. The Morgan fingerprint density at radius 2 is 0.981 bits per heavy atom. The van der Waals surface area contributed by atoms with Crippen LogP contribution in [0.1, 0.15) is 186 Å². The van der Waals surface area contributed by atoms with Crippen molar-refractivity contribution in [3.8, 4) is 60.7 Å². The van der Waals surface area contributed by atoms with Crippen molar-refractivity contribution >= 4 is 184 Å². The van der Waals surface area contributed by atoms with E-state index in [9.17, 15) is 47.9 Å². The molecule has 6 aromatic rings. The number of terminal acetylenes is 3. The number of hydroxylamine groups is 2. The minimum atomic E-state index is -0.948. The van der Waals surface area contributed by atoms with Crippen LogP contribution in [0.15, 0.2) is 109 Å². The van der Waals surface area contributed by atoms with Gasteiger partial charge in [-0.25, -0.2) is 19.2 Å². The van der Waals surface area contributed by atoms with Gasteiger partial charge >= 0.3 is 23.9 Å². The summed E-state index contributed by atoms with van der Waals surface area (Å²) in [4.78, 5) is 120. The molecule has 0 aliphatic carbocycles. The Bertz CT molecular complexity index is 4470. The molecule has 6 aromatic carbocycles. The van der Waals surface area contributed by atoms with Gasteiger partial charge in [-0.2, -0.15) is 11.8 Å². The highest BCUT2D eigenvalue weighted by atomic mass is 127. The summed E-state index contributed by atoms with van der Waals surface area (Å²) in [5.74, 6) is 16.1. The molecule has 27 heteroatoms. The highest BCUT2D eigenvalue weighted by Gasteiger charge is 2.42. The maximum absolute atomic E-state index is 12.4. The van der Waals surface area contributed by atoms with Crippen molar-refractivity contribution in [2.45, 2.75) is 116 Å². The van der Waals surface area contributed by atoms with Crippen molar-refractivity contribution in [1.29, 1.82) is 0 Å². The van der Waals surface area contributed by atoms with E-state index in [0.29, 0.717) is 96.4 Å². The summed E-state index contributed by atoms with van der Waals surface area (Å²) >= 11 is 12.0. The predicted octanol–water partition coefficient (Wildman–Crippen LogP) is 12.6.